The van der Waals surface area contributed by atoms with E-state index in [-0.39, 0.29) is 23.6 Å². The Labute approximate surface area is 168 Å². The highest BCUT2D eigenvalue weighted by atomic mass is 19.2. The summed E-state index contributed by atoms with van der Waals surface area (Å²) in [6.07, 6.45) is 1.83. The highest BCUT2D eigenvalue weighted by Gasteiger charge is 2.37. The summed E-state index contributed by atoms with van der Waals surface area (Å²) in [6, 6.07) is 5.97. The lowest BCUT2D eigenvalue weighted by atomic mass is 9.89. The fraction of sp³-hybridized carbons (Fsp3) is 0.333. The molecule has 0 amide bonds. The molecule has 0 unspecified atom stereocenters. The van der Waals surface area contributed by atoms with Crippen molar-refractivity contribution in [1.82, 2.24) is 14.3 Å². The third kappa shape index (κ3) is 3.18. The Kier molecular flexibility index (Phi) is 4.41. The van der Waals surface area contributed by atoms with Crippen LogP contribution in [0.1, 0.15) is 42.7 Å². The van der Waals surface area contributed by atoms with Gasteiger partial charge < -0.3 is 4.74 Å². The molecule has 3 aromatic rings. The largest absolute Gasteiger partial charge is 0.490 e. The molecule has 2 aromatic carbocycles. The van der Waals surface area contributed by atoms with Crippen molar-refractivity contribution < 1.29 is 22.3 Å². The summed E-state index contributed by atoms with van der Waals surface area (Å²) < 4.78 is 62.1. The molecule has 1 saturated carbocycles. The summed E-state index contributed by atoms with van der Waals surface area (Å²) in [4.78, 5) is 12.9. The van der Waals surface area contributed by atoms with Crippen LogP contribution < -0.4 is 10.4 Å². The van der Waals surface area contributed by atoms with Gasteiger partial charge in [0.2, 0.25) is 0 Å². The molecule has 2 aliphatic rings. The summed E-state index contributed by atoms with van der Waals surface area (Å²) in [5.74, 6) is -2.49. The van der Waals surface area contributed by atoms with Gasteiger partial charge in [-0.3, -0.25) is 4.57 Å². The third-order valence-electron chi connectivity index (χ3n) is 5.74. The first kappa shape index (κ1) is 18.9. The second kappa shape index (κ2) is 7.00. The Morgan fingerprint density at radius 3 is 2.40 bits per heavy atom. The predicted octanol–water partition coefficient (Wildman–Crippen LogP) is 3.92. The van der Waals surface area contributed by atoms with Crippen molar-refractivity contribution in [2.45, 2.75) is 43.9 Å². The fourth-order valence-electron chi connectivity index (χ4n) is 4.21. The van der Waals surface area contributed by atoms with Gasteiger partial charge in [0.1, 0.15) is 29.3 Å². The van der Waals surface area contributed by atoms with Crippen LogP contribution in [0.2, 0.25) is 0 Å². The van der Waals surface area contributed by atoms with Crippen LogP contribution in [0.25, 0.3) is 0 Å². The molecule has 0 N–H and O–H groups in total. The monoisotopic (exact) mass is 419 g/mol. The molecule has 5 rings (SSSR count). The number of nitrogens with zero attached hydrogens (tertiary/aromatic N) is 3. The van der Waals surface area contributed by atoms with E-state index in [1.807, 2.05) is 0 Å². The van der Waals surface area contributed by atoms with E-state index in [1.54, 1.807) is 0 Å². The number of aryl methyl sites for hydroxylation is 1. The van der Waals surface area contributed by atoms with Crippen molar-refractivity contribution in [3.63, 3.8) is 0 Å². The van der Waals surface area contributed by atoms with Crippen LogP contribution >= 0.6 is 0 Å². The second-order valence-electron chi connectivity index (χ2n) is 7.71. The maximum Gasteiger partial charge on any atom is 0.346 e. The van der Waals surface area contributed by atoms with Gasteiger partial charge in [0.25, 0.3) is 0 Å². The summed E-state index contributed by atoms with van der Waals surface area (Å²) in [7, 11) is 0. The van der Waals surface area contributed by atoms with Crippen molar-refractivity contribution in [3.05, 3.63) is 81.5 Å². The first-order valence-corrected chi connectivity index (χ1v) is 9.66. The molecular weight excluding hydrogens is 402 g/mol. The average molecular weight is 419 g/mol. The van der Waals surface area contributed by atoms with Gasteiger partial charge in [0, 0.05) is 31.4 Å². The predicted molar refractivity (Wildman–Crippen MR) is 98.4 cm³/mol. The maximum atomic E-state index is 13.6. The average Bonchev–Trinajstić information content (AvgIpc) is 3.20. The van der Waals surface area contributed by atoms with Crippen LogP contribution in [0.4, 0.5) is 17.6 Å². The molecule has 1 aliphatic heterocycles. The molecule has 1 aliphatic carbocycles. The standard InChI is InChI=1S/C21H17F4N3O2/c22-12-5-11(6-13(23)7-12)19-3-4-20-26-28(21(29)27(19)20)14-8-16(9-14)30-15-1-2-17(24)18(25)10-15/h1-2,5-7,10,14,16,19H,3-4,8-9H2/t14?,16?,19-/m0/s1. The topological polar surface area (TPSA) is 49.1 Å². The number of hydrogen-bond acceptors (Lipinski definition) is 3. The molecule has 1 aromatic heterocycles. The van der Waals surface area contributed by atoms with Gasteiger partial charge in [-0.1, -0.05) is 0 Å². The summed E-state index contributed by atoms with van der Waals surface area (Å²) >= 11 is 0. The van der Waals surface area contributed by atoms with Crippen LogP contribution in [0.5, 0.6) is 5.75 Å². The number of hydrogen-bond donors (Lipinski definition) is 0. The van der Waals surface area contributed by atoms with Crippen molar-refractivity contribution in [2.24, 2.45) is 0 Å². The van der Waals surface area contributed by atoms with E-state index in [4.69, 9.17) is 4.74 Å². The number of halogens is 4. The Morgan fingerprint density at radius 1 is 0.967 bits per heavy atom. The zero-order valence-electron chi connectivity index (χ0n) is 15.7. The van der Waals surface area contributed by atoms with E-state index >= 15 is 0 Å². The number of rotatable bonds is 4. The Balaban J connectivity index is 1.32. The molecule has 9 heteroatoms. The normalized spacial score (nSPS) is 22.6. The molecule has 0 spiro atoms. The smallest absolute Gasteiger partial charge is 0.346 e. The van der Waals surface area contributed by atoms with Gasteiger partial charge in [0.15, 0.2) is 11.6 Å². The molecule has 156 valence electrons. The zero-order chi connectivity index (χ0) is 21.0. The van der Waals surface area contributed by atoms with E-state index in [2.05, 4.69) is 5.10 Å². The molecule has 0 saturated heterocycles. The molecular formula is C21H17F4N3O2. The zero-order valence-corrected chi connectivity index (χ0v) is 15.7. The molecule has 1 atom stereocenters. The minimum Gasteiger partial charge on any atom is -0.490 e. The summed E-state index contributed by atoms with van der Waals surface area (Å²) in [6.45, 7) is 0. The minimum absolute atomic E-state index is 0.184. The number of ether oxygens (including phenoxy) is 1. The lowest BCUT2D eigenvalue weighted by Crippen LogP contribution is -2.41. The van der Waals surface area contributed by atoms with Crippen molar-refractivity contribution in [1.29, 1.82) is 0 Å². The van der Waals surface area contributed by atoms with Gasteiger partial charge >= 0.3 is 5.69 Å². The summed E-state index contributed by atoms with van der Waals surface area (Å²) in [5, 5.41) is 4.41. The molecule has 0 bridgehead atoms. The Bertz CT molecular complexity index is 1160. The number of fused-ring (bicyclic) bond motifs is 1. The van der Waals surface area contributed by atoms with Gasteiger partial charge in [-0.05, 0) is 36.2 Å². The van der Waals surface area contributed by atoms with Crippen LogP contribution in [0.15, 0.2) is 41.2 Å². The molecule has 30 heavy (non-hydrogen) atoms. The molecule has 1 fully saturated rings. The van der Waals surface area contributed by atoms with E-state index in [0.717, 1.165) is 18.2 Å². The van der Waals surface area contributed by atoms with Crippen LogP contribution in [-0.4, -0.2) is 20.5 Å². The summed E-state index contributed by atoms with van der Waals surface area (Å²) in [5.41, 5.74) is 0.0782. The van der Waals surface area contributed by atoms with Crippen LogP contribution in [-0.2, 0) is 6.42 Å². The molecule has 2 heterocycles. The Morgan fingerprint density at radius 2 is 1.70 bits per heavy atom. The van der Waals surface area contributed by atoms with Gasteiger partial charge in [0.05, 0.1) is 12.1 Å². The van der Waals surface area contributed by atoms with E-state index in [9.17, 15) is 22.4 Å². The van der Waals surface area contributed by atoms with E-state index in [0.29, 0.717) is 37.1 Å². The van der Waals surface area contributed by atoms with Crippen LogP contribution in [0, 0.1) is 23.3 Å². The minimum atomic E-state index is -0.982. The van der Waals surface area contributed by atoms with Crippen molar-refractivity contribution in [2.75, 3.05) is 0 Å². The second-order valence-corrected chi connectivity index (χ2v) is 7.71. The Hall–Kier alpha value is -3.10. The lowest BCUT2D eigenvalue weighted by molar-refractivity contribution is 0.0619. The quantitative estimate of drug-likeness (QED) is 0.603. The highest BCUT2D eigenvalue weighted by molar-refractivity contribution is 5.25. The van der Waals surface area contributed by atoms with Crippen molar-refractivity contribution >= 4 is 0 Å². The highest BCUT2D eigenvalue weighted by Crippen LogP contribution is 2.36. The molecule has 0 radical (unpaired) electrons. The SMILES string of the molecule is O=c1n(C2CC(Oc3ccc(F)c(F)c3)C2)nc2n1[C@H](c1cc(F)cc(F)c1)CC2. The maximum absolute atomic E-state index is 13.6. The number of benzene rings is 2. The van der Waals surface area contributed by atoms with Gasteiger partial charge in [-0.15, -0.1) is 0 Å². The van der Waals surface area contributed by atoms with E-state index < -0.39 is 29.3 Å². The lowest BCUT2D eigenvalue weighted by Gasteiger charge is -2.34. The first-order valence-electron chi connectivity index (χ1n) is 9.66. The van der Waals surface area contributed by atoms with Gasteiger partial charge in [-0.25, -0.2) is 27.0 Å². The van der Waals surface area contributed by atoms with Crippen LogP contribution in [0.3, 0.4) is 0 Å². The first-order chi connectivity index (χ1) is 14.4. The molecule has 5 nitrogen and oxygen atoms in total. The van der Waals surface area contributed by atoms with E-state index in [1.165, 1.54) is 27.4 Å². The number of aromatic nitrogens is 3. The van der Waals surface area contributed by atoms with Gasteiger partial charge in [-0.2, -0.15) is 5.10 Å². The van der Waals surface area contributed by atoms with Crippen molar-refractivity contribution in [3.8, 4) is 5.75 Å². The third-order valence-corrected chi connectivity index (χ3v) is 5.74. The fourth-order valence-corrected chi connectivity index (χ4v) is 4.21.